The van der Waals surface area contributed by atoms with Crippen LogP contribution in [0.15, 0.2) is 24.3 Å². The maximum Gasteiger partial charge on any atom is 0.243 e. The van der Waals surface area contributed by atoms with Crippen molar-refractivity contribution >= 4 is 29.1 Å². The molecule has 2 rings (SSSR count). The van der Waals surface area contributed by atoms with Gasteiger partial charge in [-0.2, -0.15) is 0 Å². The van der Waals surface area contributed by atoms with E-state index in [1.165, 1.54) is 6.92 Å². The monoisotopic (exact) mass is 275 g/mol. The number of carbonyl (C=O) groups is 3. The van der Waals surface area contributed by atoms with E-state index in [0.717, 1.165) is 12.8 Å². The van der Waals surface area contributed by atoms with Crippen molar-refractivity contribution in [2.24, 2.45) is 5.92 Å². The van der Waals surface area contributed by atoms with E-state index in [4.69, 9.17) is 0 Å². The highest BCUT2D eigenvalue weighted by atomic mass is 16.2. The van der Waals surface area contributed by atoms with E-state index >= 15 is 0 Å². The van der Waals surface area contributed by atoms with Crippen LogP contribution in [0.25, 0.3) is 0 Å². The van der Waals surface area contributed by atoms with Crippen LogP contribution in [-0.2, 0) is 14.4 Å². The zero-order valence-corrected chi connectivity index (χ0v) is 11.2. The van der Waals surface area contributed by atoms with Gasteiger partial charge in [0.2, 0.25) is 17.7 Å². The van der Waals surface area contributed by atoms with Crippen molar-refractivity contribution in [2.45, 2.75) is 19.8 Å². The van der Waals surface area contributed by atoms with Crippen molar-refractivity contribution in [3.8, 4) is 0 Å². The third-order valence-corrected chi connectivity index (χ3v) is 2.86. The summed E-state index contributed by atoms with van der Waals surface area (Å²) < 4.78 is 0. The van der Waals surface area contributed by atoms with Gasteiger partial charge in [-0.25, -0.2) is 0 Å². The zero-order chi connectivity index (χ0) is 14.5. The molecule has 0 unspecified atom stereocenters. The van der Waals surface area contributed by atoms with Crippen LogP contribution in [0.1, 0.15) is 19.8 Å². The number of anilines is 2. The normalized spacial score (nSPS) is 13.4. The van der Waals surface area contributed by atoms with Crippen molar-refractivity contribution in [1.82, 2.24) is 5.32 Å². The first-order chi connectivity index (χ1) is 9.54. The van der Waals surface area contributed by atoms with E-state index < -0.39 is 0 Å². The smallest absolute Gasteiger partial charge is 0.243 e. The molecule has 0 aliphatic heterocycles. The summed E-state index contributed by atoms with van der Waals surface area (Å²) in [5.41, 5.74) is 1.28. The maximum atomic E-state index is 11.6. The second-order valence-electron chi connectivity index (χ2n) is 4.80. The van der Waals surface area contributed by atoms with E-state index in [1.807, 2.05) is 0 Å². The van der Waals surface area contributed by atoms with Gasteiger partial charge in [0.1, 0.15) is 0 Å². The predicted octanol–water partition coefficient (Wildman–Crippen LogP) is 1.11. The molecular formula is C14H17N3O3. The van der Waals surface area contributed by atoms with E-state index in [0.29, 0.717) is 11.4 Å². The van der Waals surface area contributed by atoms with Crippen molar-refractivity contribution in [3.63, 3.8) is 0 Å². The fourth-order valence-corrected chi connectivity index (χ4v) is 1.70. The topological polar surface area (TPSA) is 87.3 Å². The van der Waals surface area contributed by atoms with Crippen LogP contribution < -0.4 is 16.0 Å². The summed E-state index contributed by atoms with van der Waals surface area (Å²) in [6.45, 7) is 1.40. The molecule has 1 saturated carbocycles. The predicted molar refractivity (Wildman–Crippen MR) is 75.1 cm³/mol. The van der Waals surface area contributed by atoms with Gasteiger partial charge in [-0.05, 0) is 37.1 Å². The van der Waals surface area contributed by atoms with Crippen LogP contribution in [0.2, 0.25) is 0 Å². The Morgan fingerprint density at radius 1 is 1.05 bits per heavy atom. The Morgan fingerprint density at radius 3 is 2.10 bits per heavy atom. The highest BCUT2D eigenvalue weighted by Gasteiger charge is 2.29. The molecule has 3 amide bonds. The van der Waals surface area contributed by atoms with Crippen LogP contribution in [-0.4, -0.2) is 24.3 Å². The third kappa shape index (κ3) is 4.38. The Morgan fingerprint density at radius 2 is 1.60 bits per heavy atom. The quantitative estimate of drug-likeness (QED) is 0.752. The summed E-state index contributed by atoms with van der Waals surface area (Å²) in [6, 6.07) is 6.76. The van der Waals surface area contributed by atoms with Crippen LogP contribution in [0.5, 0.6) is 0 Å². The minimum atomic E-state index is -0.272. The van der Waals surface area contributed by atoms with Gasteiger partial charge in [0.25, 0.3) is 0 Å². The number of rotatable bonds is 5. The molecule has 6 heteroatoms. The van der Waals surface area contributed by atoms with Crippen molar-refractivity contribution < 1.29 is 14.4 Å². The summed E-state index contributed by atoms with van der Waals surface area (Å²) in [7, 11) is 0. The Balaban J connectivity index is 1.78. The molecule has 0 spiro atoms. The largest absolute Gasteiger partial charge is 0.347 e. The summed E-state index contributed by atoms with van der Waals surface area (Å²) in [6.07, 6.45) is 1.83. The van der Waals surface area contributed by atoms with Gasteiger partial charge >= 0.3 is 0 Å². The molecule has 0 saturated heterocycles. The molecule has 0 heterocycles. The second-order valence-corrected chi connectivity index (χ2v) is 4.80. The fraction of sp³-hybridized carbons (Fsp3) is 0.357. The molecule has 0 radical (unpaired) electrons. The summed E-state index contributed by atoms with van der Waals surface area (Å²) in [5, 5.41) is 7.90. The highest BCUT2D eigenvalue weighted by molar-refractivity contribution is 5.95. The van der Waals surface area contributed by atoms with Crippen LogP contribution in [0, 0.1) is 5.92 Å². The van der Waals surface area contributed by atoms with E-state index in [1.54, 1.807) is 24.3 Å². The Hall–Kier alpha value is -2.37. The SMILES string of the molecule is CC(=O)Nc1ccc(NC(=O)CNC(=O)C2CC2)cc1. The van der Waals surface area contributed by atoms with Gasteiger partial charge in [0.15, 0.2) is 0 Å². The van der Waals surface area contributed by atoms with Crippen molar-refractivity contribution in [1.29, 1.82) is 0 Å². The molecule has 106 valence electrons. The fourth-order valence-electron chi connectivity index (χ4n) is 1.70. The van der Waals surface area contributed by atoms with Crippen molar-refractivity contribution in [3.05, 3.63) is 24.3 Å². The number of nitrogens with one attached hydrogen (secondary N) is 3. The molecule has 20 heavy (non-hydrogen) atoms. The van der Waals surface area contributed by atoms with Gasteiger partial charge in [0.05, 0.1) is 6.54 Å². The summed E-state index contributed by atoms with van der Waals surface area (Å²) >= 11 is 0. The van der Waals surface area contributed by atoms with Gasteiger partial charge in [-0.3, -0.25) is 14.4 Å². The Bertz CT molecular complexity index is 521. The molecule has 1 fully saturated rings. The third-order valence-electron chi connectivity index (χ3n) is 2.86. The maximum absolute atomic E-state index is 11.6. The number of amides is 3. The molecule has 0 aromatic heterocycles. The molecular weight excluding hydrogens is 258 g/mol. The van der Waals surface area contributed by atoms with Crippen LogP contribution in [0.4, 0.5) is 11.4 Å². The lowest BCUT2D eigenvalue weighted by Gasteiger charge is -2.07. The van der Waals surface area contributed by atoms with E-state index in [2.05, 4.69) is 16.0 Å². The number of carbonyl (C=O) groups excluding carboxylic acids is 3. The number of hydrogen-bond acceptors (Lipinski definition) is 3. The lowest BCUT2D eigenvalue weighted by Crippen LogP contribution is -2.33. The Labute approximate surface area is 116 Å². The van der Waals surface area contributed by atoms with E-state index in [-0.39, 0.29) is 30.2 Å². The lowest BCUT2D eigenvalue weighted by atomic mass is 10.2. The van der Waals surface area contributed by atoms with Crippen LogP contribution >= 0.6 is 0 Å². The second kappa shape index (κ2) is 6.18. The molecule has 0 bridgehead atoms. The van der Waals surface area contributed by atoms with Gasteiger partial charge in [-0.15, -0.1) is 0 Å². The average Bonchev–Trinajstić information content (AvgIpc) is 3.22. The Kier molecular flexibility index (Phi) is 4.34. The molecule has 1 aromatic carbocycles. The molecule has 1 aliphatic carbocycles. The molecule has 1 aliphatic rings. The van der Waals surface area contributed by atoms with Crippen LogP contribution in [0.3, 0.4) is 0 Å². The van der Waals surface area contributed by atoms with Gasteiger partial charge < -0.3 is 16.0 Å². The molecule has 1 aromatic rings. The van der Waals surface area contributed by atoms with Gasteiger partial charge in [-0.1, -0.05) is 0 Å². The zero-order valence-electron chi connectivity index (χ0n) is 11.2. The average molecular weight is 275 g/mol. The lowest BCUT2D eigenvalue weighted by molar-refractivity contribution is -0.125. The number of benzene rings is 1. The first-order valence-electron chi connectivity index (χ1n) is 6.50. The first-order valence-corrected chi connectivity index (χ1v) is 6.50. The van der Waals surface area contributed by atoms with E-state index in [9.17, 15) is 14.4 Å². The highest BCUT2D eigenvalue weighted by Crippen LogP contribution is 2.28. The minimum Gasteiger partial charge on any atom is -0.347 e. The molecule has 3 N–H and O–H groups in total. The summed E-state index contributed by atoms with van der Waals surface area (Å²) in [4.78, 5) is 33.9. The summed E-state index contributed by atoms with van der Waals surface area (Å²) in [5.74, 6) is -0.378. The minimum absolute atomic E-state index is 0.0250. The molecule has 0 atom stereocenters. The number of hydrogen-bond donors (Lipinski definition) is 3. The first kappa shape index (κ1) is 14.0. The standard InChI is InChI=1S/C14H17N3O3/c1-9(18)16-11-4-6-12(7-5-11)17-13(19)8-15-14(20)10-2-3-10/h4-7,10H,2-3,8H2,1H3,(H,15,20)(H,16,18)(H,17,19). The molecule has 6 nitrogen and oxygen atoms in total. The van der Waals surface area contributed by atoms with Gasteiger partial charge in [0, 0.05) is 24.2 Å². The van der Waals surface area contributed by atoms with Crippen molar-refractivity contribution in [2.75, 3.05) is 17.2 Å².